The van der Waals surface area contributed by atoms with Crippen LogP contribution in [0.2, 0.25) is 0 Å². The molecule has 0 aromatic heterocycles. The standard InChI is InChI=1S/C12H16O.C12H14/c1-9-3-2-4-11(7-9)12(8-13)10-5-6-10;1-9-4-3-5-12(8-9)10(2)11-6-7-11/h2-4,7,10,12-13H,5-6,8H2,1H3;3-5,8,11H,2,6-7H2,1H3. The maximum atomic E-state index is 9.28. The third-order valence-electron chi connectivity index (χ3n) is 5.32. The highest BCUT2D eigenvalue weighted by Crippen LogP contribution is 2.42. The van der Waals surface area contributed by atoms with Gasteiger partial charge in [0.1, 0.15) is 0 Å². The molecule has 2 aromatic rings. The molecule has 0 radical (unpaired) electrons. The van der Waals surface area contributed by atoms with Gasteiger partial charge in [0.2, 0.25) is 0 Å². The van der Waals surface area contributed by atoms with Gasteiger partial charge in [-0.1, -0.05) is 66.2 Å². The van der Waals surface area contributed by atoms with Gasteiger partial charge < -0.3 is 5.11 Å². The van der Waals surface area contributed by atoms with E-state index in [1.807, 2.05) is 0 Å². The lowest BCUT2D eigenvalue weighted by Crippen LogP contribution is -2.06. The Morgan fingerprint density at radius 3 is 2.16 bits per heavy atom. The zero-order valence-corrected chi connectivity index (χ0v) is 15.5. The van der Waals surface area contributed by atoms with Crippen LogP contribution >= 0.6 is 0 Å². The summed E-state index contributed by atoms with van der Waals surface area (Å²) in [5.74, 6) is 1.92. The van der Waals surface area contributed by atoms with Gasteiger partial charge in [-0.2, -0.15) is 0 Å². The monoisotopic (exact) mass is 334 g/mol. The lowest BCUT2D eigenvalue weighted by molar-refractivity contribution is 0.253. The number of aliphatic hydroxyl groups is 1. The second kappa shape index (κ2) is 8.01. The highest BCUT2D eigenvalue weighted by atomic mass is 16.3. The van der Waals surface area contributed by atoms with Crippen molar-refractivity contribution in [2.24, 2.45) is 11.8 Å². The van der Waals surface area contributed by atoms with E-state index in [4.69, 9.17) is 0 Å². The summed E-state index contributed by atoms with van der Waals surface area (Å²) in [5, 5.41) is 9.28. The molecule has 2 aliphatic carbocycles. The predicted molar refractivity (Wildman–Crippen MR) is 107 cm³/mol. The number of benzene rings is 2. The lowest BCUT2D eigenvalue weighted by Gasteiger charge is -2.13. The van der Waals surface area contributed by atoms with Crippen LogP contribution in [0.25, 0.3) is 5.57 Å². The molecule has 0 bridgehead atoms. The molecule has 2 aliphatic rings. The van der Waals surface area contributed by atoms with Crippen LogP contribution < -0.4 is 0 Å². The summed E-state index contributed by atoms with van der Waals surface area (Å²) >= 11 is 0. The van der Waals surface area contributed by atoms with Crippen LogP contribution in [0.4, 0.5) is 0 Å². The normalized spacial score (nSPS) is 17.4. The van der Waals surface area contributed by atoms with E-state index >= 15 is 0 Å². The minimum Gasteiger partial charge on any atom is -0.396 e. The van der Waals surface area contributed by atoms with E-state index in [9.17, 15) is 5.11 Å². The highest BCUT2D eigenvalue weighted by Gasteiger charge is 2.31. The maximum Gasteiger partial charge on any atom is 0.0502 e. The molecule has 2 saturated carbocycles. The van der Waals surface area contributed by atoms with Gasteiger partial charge in [-0.15, -0.1) is 0 Å². The SMILES string of the molecule is C=C(c1cccc(C)c1)C1CC1.Cc1cccc(C(CO)C2CC2)c1. The summed E-state index contributed by atoms with van der Waals surface area (Å²) in [6.45, 7) is 8.66. The van der Waals surface area contributed by atoms with Gasteiger partial charge in [-0.25, -0.2) is 0 Å². The van der Waals surface area contributed by atoms with Gasteiger partial charge in [0.15, 0.2) is 0 Å². The van der Waals surface area contributed by atoms with Crippen LogP contribution in [-0.4, -0.2) is 11.7 Å². The first kappa shape index (κ1) is 17.9. The number of hydrogen-bond acceptors (Lipinski definition) is 1. The van der Waals surface area contributed by atoms with Crippen LogP contribution in [-0.2, 0) is 0 Å². The summed E-state index contributed by atoms with van der Waals surface area (Å²) in [6.07, 6.45) is 5.26. The van der Waals surface area contributed by atoms with E-state index in [1.54, 1.807) is 0 Å². The topological polar surface area (TPSA) is 20.2 Å². The molecule has 4 rings (SSSR count). The summed E-state index contributed by atoms with van der Waals surface area (Å²) in [4.78, 5) is 0. The van der Waals surface area contributed by atoms with Crippen LogP contribution in [0.15, 0.2) is 55.1 Å². The predicted octanol–water partition coefficient (Wildman–Crippen LogP) is 5.90. The molecule has 0 spiro atoms. The largest absolute Gasteiger partial charge is 0.396 e. The molecular formula is C24H30O. The molecule has 1 atom stereocenters. The highest BCUT2D eigenvalue weighted by molar-refractivity contribution is 5.67. The molecule has 25 heavy (non-hydrogen) atoms. The Morgan fingerprint density at radius 1 is 1.00 bits per heavy atom. The number of allylic oxidation sites excluding steroid dienone is 1. The first-order valence-electron chi connectivity index (χ1n) is 9.51. The molecule has 2 fully saturated rings. The maximum absolute atomic E-state index is 9.28. The molecule has 0 heterocycles. The fourth-order valence-corrected chi connectivity index (χ4v) is 3.44. The van der Waals surface area contributed by atoms with Crippen LogP contribution in [0.3, 0.4) is 0 Å². The van der Waals surface area contributed by atoms with E-state index in [2.05, 4.69) is 69.0 Å². The molecule has 1 nitrogen and oxygen atoms in total. The van der Waals surface area contributed by atoms with Crippen molar-refractivity contribution >= 4 is 5.57 Å². The van der Waals surface area contributed by atoms with E-state index in [-0.39, 0.29) is 0 Å². The van der Waals surface area contributed by atoms with Gasteiger partial charge >= 0.3 is 0 Å². The van der Waals surface area contributed by atoms with Gasteiger partial charge in [-0.05, 0) is 68.1 Å². The minimum atomic E-state index is 0.300. The molecule has 2 aromatic carbocycles. The molecule has 1 heteroatoms. The van der Waals surface area contributed by atoms with Crippen molar-refractivity contribution in [1.82, 2.24) is 0 Å². The van der Waals surface area contributed by atoms with Crippen LogP contribution in [0.1, 0.15) is 53.9 Å². The average molecular weight is 335 g/mol. The molecule has 0 saturated heterocycles. The number of rotatable bonds is 5. The van der Waals surface area contributed by atoms with Crippen LogP contribution in [0.5, 0.6) is 0 Å². The number of aliphatic hydroxyl groups excluding tert-OH is 1. The summed E-state index contributed by atoms with van der Waals surface area (Å²) in [6, 6.07) is 17.1. The molecule has 1 N–H and O–H groups in total. The zero-order chi connectivity index (χ0) is 17.8. The average Bonchev–Trinajstić information content (AvgIpc) is 3.48. The van der Waals surface area contributed by atoms with Crippen molar-refractivity contribution in [1.29, 1.82) is 0 Å². The third-order valence-corrected chi connectivity index (χ3v) is 5.32. The van der Waals surface area contributed by atoms with Crippen molar-refractivity contribution in [3.63, 3.8) is 0 Å². The summed E-state index contributed by atoms with van der Waals surface area (Å²) < 4.78 is 0. The second-order valence-corrected chi connectivity index (χ2v) is 7.71. The van der Waals surface area contributed by atoms with E-state index in [0.29, 0.717) is 12.5 Å². The van der Waals surface area contributed by atoms with Crippen LogP contribution in [0, 0.1) is 25.7 Å². The molecular weight excluding hydrogens is 304 g/mol. The van der Waals surface area contributed by atoms with Crippen molar-refractivity contribution < 1.29 is 5.11 Å². The fraction of sp³-hybridized carbons (Fsp3) is 0.417. The molecule has 132 valence electrons. The first-order chi connectivity index (χ1) is 12.1. The van der Waals surface area contributed by atoms with Crippen molar-refractivity contribution in [3.05, 3.63) is 77.4 Å². The number of hydrogen-bond donors (Lipinski definition) is 1. The summed E-state index contributed by atoms with van der Waals surface area (Å²) in [7, 11) is 0. The molecule has 0 amide bonds. The Hall–Kier alpha value is -1.86. The van der Waals surface area contributed by atoms with Crippen molar-refractivity contribution in [3.8, 4) is 0 Å². The van der Waals surface area contributed by atoms with Gasteiger partial charge in [0, 0.05) is 5.92 Å². The van der Waals surface area contributed by atoms with E-state index < -0.39 is 0 Å². The second-order valence-electron chi connectivity index (χ2n) is 7.71. The van der Waals surface area contributed by atoms with E-state index in [1.165, 1.54) is 53.5 Å². The van der Waals surface area contributed by atoms with Gasteiger partial charge in [-0.3, -0.25) is 0 Å². The quantitative estimate of drug-likeness (QED) is 0.722. The van der Waals surface area contributed by atoms with Gasteiger partial charge in [0.05, 0.1) is 6.61 Å². The smallest absolute Gasteiger partial charge is 0.0502 e. The number of aryl methyl sites for hydroxylation is 2. The van der Waals surface area contributed by atoms with Crippen molar-refractivity contribution in [2.45, 2.75) is 45.4 Å². The van der Waals surface area contributed by atoms with Gasteiger partial charge in [0.25, 0.3) is 0 Å². The minimum absolute atomic E-state index is 0.300. The first-order valence-corrected chi connectivity index (χ1v) is 9.51. The zero-order valence-electron chi connectivity index (χ0n) is 15.5. The Balaban J connectivity index is 0.000000146. The summed E-state index contributed by atoms with van der Waals surface area (Å²) in [5.41, 5.74) is 6.59. The third kappa shape index (κ3) is 5.06. The Labute approximate surface area is 152 Å². The fourth-order valence-electron chi connectivity index (χ4n) is 3.44. The lowest BCUT2D eigenvalue weighted by atomic mass is 9.94. The van der Waals surface area contributed by atoms with Crippen molar-refractivity contribution in [2.75, 3.05) is 6.61 Å². The Bertz CT molecular complexity index is 722. The Morgan fingerprint density at radius 2 is 1.64 bits per heavy atom. The Kier molecular flexibility index (Phi) is 5.75. The molecule has 0 aliphatic heterocycles. The van der Waals surface area contributed by atoms with E-state index in [0.717, 1.165) is 11.8 Å². The molecule has 1 unspecified atom stereocenters.